The predicted octanol–water partition coefficient (Wildman–Crippen LogP) is 4.69. The van der Waals surface area contributed by atoms with Crippen molar-refractivity contribution >= 4 is 45.2 Å². The van der Waals surface area contributed by atoms with Crippen molar-refractivity contribution in [3.8, 4) is 0 Å². The molecule has 2 aromatic heterocycles. The number of halogens is 1. The summed E-state index contributed by atoms with van der Waals surface area (Å²) in [6.45, 7) is 0. The quantitative estimate of drug-likeness (QED) is 0.469. The van der Waals surface area contributed by atoms with Crippen molar-refractivity contribution < 1.29 is 9.90 Å². The van der Waals surface area contributed by atoms with Gasteiger partial charge < -0.3 is 10.4 Å². The molecule has 0 aliphatic heterocycles. The smallest absolute Gasteiger partial charge is 0.335 e. The standard InChI is InChI=1S/C22H17ClN4O2/c23-14-3-1-2-12(8-14)9-19-24-11-17-16-7-4-13(22(28)29)10-18(16)26-21(20(17)27-19)25-15-5-6-15/h1-4,7-8,10-11,15H,5-6,9H2,(H,25,26)(H,28,29). The average Bonchev–Trinajstić information content (AvgIpc) is 3.52. The number of pyridine rings is 1. The first-order valence-corrected chi connectivity index (χ1v) is 9.78. The fraction of sp³-hybridized carbons (Fsp3) is 0.182. The maximum atomic E-state index is 11.3. The van der Waals surface area contributed by atoms with Crippen LogP contribution in [0.2, 0.25) is 5.02 Å². The lowest BCUT2D eigenvalue weighted by Crippen LogP contribution is -2.07. The van der Waals surface area contributed by atoms with Crippen LogP contribution in [0.3, 0.4) is 0 Å². The third kappa shape index (κ3) is 3.59. The van der Waals surface area contributed by atoms with E-state index in [1.165, 1.54) is 0 Å². The summed E-state index contributed by atoms with van der Waals surface area (Å²) in [4.78, 5) is 25.4. The number of nitrogens with zero attached hydrogens (tertiary/aromatic N) is 3. The zero-order valence-corrected chi connectivity index (χ0v) is 16.1. The van der Waals surface area contributed by atoms with E-state index < -0.39 is 5.97 Å². The van der Waals surface area contributed by atoms with E-state index in [-0.39, 0.29) is 5.56 Å². The number of fused-ring (bicyclic) bond motifs is 3. The van der Waals surface area contributed by atoms with E-state index in [2.05, 4.69) is 10.3 Å². The van der Waals surface area contributed by atoms with Gasteiger partial charge in [0.15, 0.2) is 5.82 Å². The summed E-state index contributed by atoms with van der Waals surface area (Å²) in [5, 5.41) is 15.1. The first kappa shape index (κ1) is 17.8. The minimum atomic E-state index is -0.974. The van der Waals surface area contributed by atoms with Crippen LogP contribution in [0.25, 0.3) is 21.8 Å². The second-order valence-electron chi connectivity index (χ2n) is 7.27. The molecule has 1 aliphatic rings. The molecule has 2 aromatic carbocycles. The van der Waals surface area contributed by atoms with Crippen LogP contribution in [0, 0.1) is 0 Å². The summed E-state index contributed by atoms with van der Waals surface area (Å²) >= 11 is 6.09. The van der Waals surface area contributed by atoms with Gasteiger partial charge in [-0.05, 0) is 42.7 Å². The first-order valence-electron chi connectivity index (χ1n) is 9.40. The predicted molar refractivity (Wildman–Crippen MR) is 113 cm³/mol. The van der Waals surface area contributed by atoms with Crippen molar-refractivity contribution in [1.82, 2.24) is 15.0 Å². The van der Waals surface area contributed by atoms with Gasteiger partial charge in [0.25, 0.3) is 0 Å². The SMILES string of the molecule is O=C(O)c1ccc2c(c1)nc(NC1CC1)c1nc(Cc3cccc(Cl)c3)ncc12. The number of nitrogens with one attached hydrogen (secondary N) is 1. The molecule has 1 fully saturated rings. The Balaban J connectivity index is 1.65. The maximum absolute atomic E-state index is 11.3. The molecule has 0 amide bonds. The molecule has 0 spiro atoms. The fourth-order valence-electron chi connectivity index (χ4n) is 3.39. The molecule has 2 N–H and O–H groups in total. The highest BCUT2D eigenvalue weighted by atomic mass is 35.5. The largest absolute Gasteiger partial charge is 0.478 e. The topological polar surface area (TPSA) is 88.0 Å². The van der Waals surface area contributed by atoms with E-state index in [0.29, 0.717) is 34.6 Å². The van der Waals surface area contributed by atoms with Crippen LogP contribution in [0.4, 0.5) is 5.82 Å². The lowest BCUT2D eigenvalue weighted by atomic mass is 10.1. The van der Waals surface area contributed by atoms with Crippen molar-refractivity contribution in [2.24, 2.45) is 0 Å². The number of carboxylic acids is 1. The molecule has 29 heavy (non-hydrogen) atoms. The van der Waals surface area contributed by atoms with Crippen molar-refractivity contribution in [2.45, 2.75) is 25.3 Å². The van der Waals surface area contributed by atoms with Crippen LogP contribution in [-0.2, 0) is 6.42 Å². The molecule has 2 heterocycles. The number of hydrogen-bond donors (Lipinski definition) is 2. The maximum Gasteiger partial charge on any atom is 0.335 e. The Morgan fingerprint density at radius 2 is 2.00 bits per heavy atom. The van der Waals surface area contributed by atoms with Crippen molar-refractivity contribution in [2.75, 3.05) is 5.32 Å². The molecule has 4 aromatic rings. The summed E-state index contributed by atoms with van der Waals surface area (Å²) in [6.07, 6.45) is 4.55. The molecule has 0 radical (unpaired) electrons. The Bertz CT molecular complexity index is 1270. The van der Waals surface area contributed by atoms with Crippen molar-refractivity contribution in [1.29, 1.82) is 0 Å². The minimum Gasteiger partial charge on any atom is -0.478 e. The van der Waals surface area contributed by atoms with Gasteiger partial charge in [-0.25, -0.2) is 19.7 Å². The highest BCUT2D eigenvalue weighted by molar-refractivity contribution is 6.30. The Morgan fingerprint density at radius 3 is 2.76 bits per heavy atom. The van der Waals surface area contributed by atoms with Gasteiger partial charge in [0, 0.05) is 34.5 Å². The van der Waals surface area contributed by atoms with Crippen LogP contribution in [-0.4, -0.2) is 32.1 Å². The number of anilines is 1. The van der Waals surface area contributed by atoms with Gasteiger partial charge in [-0.1, -0.05) is 29.8 Å². The van der Waals surface area contributed by atoms with E-state index in [1.54, 1.807) is 24.4 Å². The lowest BCUT2D eigenvalue weighted by Gasteiger charge is -2.12. The molecule has 5 rings (SSSR count). The third-order valence-corrected chi connectivity index (χ3v) is 5.23. The van der Waals surface area contributed by atoms with Crippen LogP contribution in [0.5, 0.6) is 0 Å². The van der Waals surface area contributed by atoms with Crippen molar-refractivity contribution in [3.63, 3.8) is 0 Å². The van der Waals surface area contributed by atoms with E-state index in [0.717, 1.165) is 34.7 Å². The zero-order valence-electron chi connectivity index (χ0n) is 15.4. The average molecular weight is 405 g/mol. The van der Waals surface area contributed by atoms with Crippen LogP contribution in [0.1, 0.15) is 34.6 Å². The number of rotatable bonds is 5. The molecule has 0 bridgehead atoms. The summed E-state index contributed by atoms with van der Waals surface area (Å²) in [5.74, 6) is 0.382. The highest BCUT2D eigenvalue weighted by Gasteiger charge is 2.23. The van der Waals surface area contributed by atoms with E-state index in [1.807, 2.05) is 24.3 Å². The lowest BCUT2D eigenvalue weighted by molar-refractivity contribution is 0.0697. The van der Waals surface area contributed by atoms with Gasteiger partial charge in [0.05, 0.1) is 11.1 Å². The molecule has 1 saturated carbocycles. The normalized spacial score (nSPS) is 13.7. The molecule has 1 aliphatic carbocycles. The van der Waals surface area contributed by atoms with E-state index >= 15 is 0 Å². The van der Waals surface area contributed by atoms with Crippen molar-refractivity contribution in [3.05, 3.63) is 70.6 Å². The van der Waals surface area contributed by atoms with Crippen LogP contribution in [0.15, 0.2) is 48.7 Å². The third-order valence-electron chi connectivity index (χ3n) is 5.00. The molecule has 7 heteroatoms. The molecule has 0 atom stereocenters. The Morgan fingerprint density at radius 1 is 1.14 bits per heavy atom. The number of benzene rings is 2. The second kappa shape index (κ2) is 6.97. The number of hydrogen-bond acceptors (Lipinski definition) is 5. The Labute approximate surface area is 171 Å². The monoisotopic (exact) mass is 404 g/mol. The molecular weight excluding hydrogens is 388 g/mol. The van der Waals surface area contributed by atoms with E-state index in [9.17, 15) is 9.90 Å². The molecule has 144 valence electrons. The molecular formula is C22H17ClN4O2. The number of aromatic nitrogens is 3. The Hall–Kier alpha value is -3.25. The number of carboxylic acid groups (broad SMARTS) is 1. The van der Waals surface area contributed by atoms with Gasteiger partial charge in [0.2, 0.25) is 0 Å². The first-order chi connectivity index (χ1) is 14.1. The Kier molecular flexibility index (Phi) is 4.28. The molecule has 0 unspecified atom stereocenters. The zero-order chi connectivity index (χ0) is 20.0. The molecule has 6 nitrogen and oxygen atoms in total. The number of carbonyl (C=O) groups is 1. The molecule has 0 saturated heterocycles. The van der Waals surface area contributed by atoms with Gasteiger partial charge in [-0.15, -0.1) is 0 Å². The second-order valence-corrected chi connectivity index (χ2v) is 7.71. The minimum absolute atomic E-state index is 0.209. The highest BCUT2D eigenvalue weighted by Crippen LogP contribution is 2.32. The summed E-state index contributed by atoms with van der Waals surface area (Å²) in [7, 11) is 0. The summed E-state index contributed by atoms with van der Waals surface area (Å²) < 4.78 is 0. The number of aromatic carboxylic acids is 1. The van der Waals surface area contributed by atoms with Gasteiger partial charge in [0.1, 0.15) is 11.3 Å². The summed E-state index contributed by atoms with van der Waals surface area (Å²) in [5.41, 5.74) is 2.61. The van der Waals surface area contributed by atoms with Gasteiger partial charge >= 0.3 is 5.97 Å². The van der Waals surface area contributed by atoms with Gasteiger partial charge in [-0.2, -0.15) is 0 Å². The fourth-order valence-corrected chi connectivity index (χ4v) is 3.60. The van der Waals surface area contributed by atoms with Crippen LogP contribution >= 0.6 is 11.6 Å². The van der Waals surface area contributed by atoms with E-state index in [4.69, 9.17) is 21.6 Å². The summed E-state index contributed by atoms with van der Waals surface area (Å²) in [6, 6.07) is 13.0. The van der Waals surface area contributed by atoms with Crippen LogP contribution < -0.4 is 5.32 Å². The van der Waals surface area contributed by atoms with Gasteiger partial charge in [-0.3, -0.25) is 0 Å².